The van der Waals surface area contributed by atoms with Gasteiger partial charge in [-0.1, -0.05) is 13.0 Å². The SMILES string of the molecule is CCc1sc(NC(=O)N2CCC3(CCc4ccc(F)cc4O3)CC2)nc1C.O=C=O. The van der Waals surface area contributed by atoms with E-state index in [1.165, 1.54) is 28.3 Å². The summed E-state index contributed by atoms with van der Waals surface area (Å²) in [6.07, 6.45) is 4.48. The number of benzene rings is 1. The molecule has 1 N–H and O–H groups in total. The third-order valence-corrected chi connectivity index (χ3v) is 6.81. The van der Waals surface area contributed by atoms with Crippen molar-refractivity contribution in [1.29, 1.82) is 0 Å². The lowest BCUT2D eigenvalue weighted by molar-refractivity contribution is -0.191. The van der Waals surface area contributed by atoms with Gasteiger partial charge in [-0.25, -0.2) is 14.2 Å². The van der Waals surface area contributed by atoms with Crippen molar-refractivity contribution in [2.75, 3.05) is 18.4 Å². The van der Waals surface area contributed by atoms with E-state index in [9.17, 15) is 9.18 Å². The van der Waals surface area contributed by atoms with Gasteiger partial charge in [-0.2, -0.15) is 9.59 Å². The molecule has 30 heavy (non-hydrogen) atoms. The van der Waals surface area contributed by atoms with E-state index in [0.29, 0.717) is 24.0 Å². The topological polar surface area (TPSA) is 88.6 Å². The summed E-state index contributed by atoms with van der Waals surface area (Å²) in [6.45, 7) is 5.31. The van der Waals surface area contributed by atoms with Crippen LogP contribution in [0.25, 0.3) is 0 Å². The van der Waals surface area contributed by atoms with Gasteiger partial charge in [-0.3, -0.25) is 5.32 Å². The summed E-state index contributed by atoms with van der Waals surface area (Å²) in [6, 6.07) is 4.66. The molecule has 2 aromatic rings. The van der Waals surface area contributed by atoms with Crippen molar-refractivity contribution in [2.24, 2.45) is 0 Å². The molecule has 2 amide bonds. The van der Waals surface area contributed by atoms with Crippen LogP contribution in [0.5, 0.6) is 5.75 Å². The molecule has 2 aliphatic heterocycles. The summed E-state index contributed by atoms with van der Waals surface area (Å²) in [5.41, 5.74) is 1.76. The molecule has 0 unspecified atom stereocenters. The predicted molar refractivity (Wildman–Crippen MR) is 109 cm³/mol. The lowest BCUT2D eigenvalue weighted by Gasteiger charge is -2.44. The Hall–Kier alpha value is -2.77. The molecule has 0 bridgehead atoms. The molecule has 1 aromatic heterocycles. The maximum Gasteiger partial charge on any atom is 0.373 e. The van der Waals surface area contributed by atoms with Gasteiger partial charge in [0.15, 0.2) is 5.13 Å². The summed E-state index contributed by atoms with van der Waals surface area (Å²) in [4.78, 5) is 36.3. The Morgan fingerprint density at radius 2 is 2.03 bits per heavy atom. The minimum Gasteiger partial charge on any atom is -0.487 e. The van der Waals surface area contributed by atoms with Crippen molar-refractivity contribution in [3.8, 4) is 5.75 Å². The van der Waals surface area contributed by atoms with Crippen LogP contribution in [0.3, 0.4) is 0 Å². The largest absolute Gasteiger partial charge is 0.487 e. The Kier molecular flexibility index (Phi) is 6.84. The number of piperidine rings is 1. The second-order valence-electron chi connectivity index (χ2n) is 7.42. The van der Waals surface area contributed by atoms with Crippen LogP contribution in [0.1, 0.15) is 42.3 Å². The molecular formula is C21H24FN3O4S. The number of rotatable bonds is 2. The van der Waals surface area contributed by atoms with Crippen LogP contribution in [0.4, 0.5) is 14.3 Å². The van der Waals surface area contributed by atoms with E-state index >= 15 is 0 Å². The van der Waals surface area contributed by atoms with Gasteiger partial charge in [0.25, 0.3) is 0 Å². The molecule has 0 atom stereocenters. The Labute approximate surface area is 178 Å². The van der Waals surface area contributed by atoms with Crippen LogP contribution in [0.2, 0.25) is 0 Å². The van der Waals surface area contributed by atoms with E-state index in [4.69, 9.17) is 14.3 Å². The number of thiazole rings is 1. The van der Waals surface area contributed by atoms with Crippen LogP contribution >= 0.6 is 11.3 Å². The van der Waals surface area contributed by atoms with Crippen molar-refractivity contribution >= 4 is 28.7 Å². The summed E-state index contributed by atoms with van der Waals surface area (Å²) < 4.78 is 19.7. The third kappa shape index (κ3) is 4.86. The van der Waals surface area contributed by atoms with Gasteiger partial charge in [-0.05, 0) is 37.8 Å². The van der Waals surface area contributed by atoms with Crippen LogP contribution in [0.15, 0.2) is 18.2 Å². The molecule has 160 valence electrons. The molecule has 0 aliphatic carbocycles. The highest BCUT2D eigenvalue weighted by Gasteiger charge is 2.40. The molecule has 1 fully saturated rings. The highest BCUT2D eigenvalue weighted by atomic mass is 32.1. The number of likely N-dealkylation sites (tertiary alicyclic amines) is 1. The first-order valence-corrected chi connectivity index (χ1v) is 10.7. The van der Waals surface area contributed by atoms with Crippen molar-refractivity contribution in [3.63, 3.8) is 0 Å². The fourth-order valence-corrected chi connectivity index (χ4v) is 4.82. The summed E-state index contributed by atoms with van der Waals surface area (Å²) >= 11 is 1.54. The number of carbonyl (C=O) groups excluding carboxylic acids is 3. The summed E-state index contributed by atoms with van der Waals surface area (Å²) in [5, 5.41) is 3.59. The van der Waals surface area contributed by atoms with Gasteiger partial charge in [0.2, 0.25) is 0 Å². The smallest absolute Gasteiger partial charge is 0.373 e. The Morgan fingerprint density at radius 3 is 2.67 bits per heavy atom. The average Bonchev–Trinajstić information content (AvgIpc) is 3.08. The van der Waals surface area contributed by atoms with Crippen LogP contribution in [-0.4, -0.2) is 40.8 Å². The number of hydrogen-bond donors (Lipinski definition) is 1. The first-order valence-electron chi connectivity index (χ1n) is 9.88. The number of hydrogen-bond acceptors (Lipinski definition) is 6. The Bertz CT molecular complexity index is 948. The number of ether oxygens (including phenoxy) is 1. The van der Waals surface area contributed by atoms with Crippen molar-refractivity contribution in [1.82, 2.24) is 9.88 Å². The number of amides is 2. The molecule has 1 spiro atoms. The quantitative estimate of drug-likeness (QED) is 0.774. The lowest BCUT2D eigenvalue weighted by Crippen LogP contribution is -2.52. The zero-order valence-corrected chi connectivity index (χ0v) is 17.8. The zero-order chi connectivity index (χ0) is 21.7. The number of fused-ring (bicyclic) bond motifs is 1. The third-order valence-electron chi connectivity index (χ3n) is 5.60. The Balaban J connectivity index is 0.000000806. The number of urea groups is 1. The standard InChI is InChI=1S/C20H24FN3O2S.CO2/c1-3-17-13(2)22-18(27-17)23-19(25)24-10-8-20(9-11-24)7-6-14-4-5-15(21)12-16(14)26-20;2-1-3/h4-5,12H,3,6-11H2,1-2H3,(H,22,23,25);. The number of aryl methyl sites for hydroxylation is 3. The van der Waals surface area contributed by atoms with Crippen LogP contribution < -0.4 is 10.1 Å². The normalized spacial score (nSPS) is 16.6. The molecule has 9 heteroatoms. The van der Waals surface area contributed by atoms with Crippen LogP contribution in [0, 0.1) is 12.7 Å². The van der Waals surface area contributed by atoms with Crippen molar-refractivity contribution in [2.45, 2.75) is 51.6 Å². The average molecular weight is 434 g/mol. The number of halogens is 1. The molecular weight excluding hydrogens is 409 g/mol. The van der Waals surface area contributed by atoms with E-state index < -0.39 is 0 Å². The first kappa shape index (κ1) is 21.9. The number of anilines is 1. The molecule has 0 radical (unpaired) electrons. The van der Waals surface area contributed by atoms with Gasteiger partial charge in [-0.15, -0.1) is 11.3 Å². The monoisotopic (exact) mass is 433 g/mol. The molecule has 2 aliphatic rings. The van der Waals surface area contributed by atoms with Gasteiger partial charge in [0.05, 0.1) is 5.69 Å². The zero-order valence-electron chi connectivity index (χ0n) is 17.0. The molecule has 3 heterocycles. The van der Waals surface area contributed by atoms with E-state index in [-0.39, 0.29) is 23.6 Å². The van der Waals surface area contributed by atoms with Crippen LogP contribution in [-0.2, 0) is 22.4 Å². The van der Waals surface area contributed by atoms with Gasteiger partial charge in [0, 0.05) is 36.9 Å². The number of carbonyl (C=O) groups is 1. The Morgan fingerprint density at radius 1 is 1.33 bits per heavy atom. The fraction of sp³-hybridized carbons (Fsp3) is 0.476. The minimum absolute atomic E-state index is 0.108. The highest BCUT2D eigenvalue weighted by Crippen LogP contribution is 2.39. The van der Waals surface area contributed by atoms with E-state index in [0.717, 1.165) is 43.4 Å². The molecule has 1 aromatic carbocycles. The second-order valence-corrected chi connectivity index (χ2v) is 8.50. The fourth-order valence-electron chi connectivity index (χ4n) is 3.93. The summed E-state index contributed by atoms with van der Waals surface area (Å²) in [5.74, 6) is 0.386. The first-order chi connectivity index (χ1) is 14.4. The van der Waals surface area contributed by atoms with Gasteiger partial charge >= 0.3 is 12.2 Å². The minimum atomic E-state index is -0.287. The number of nitrogens with zero attached hydrogens (tertiary/aromatic N) is 2. The van der Waals surface area contributed by atoms with E-state index in [1.807, 2.05) is 11.8 Å². The van der Waals surface area contributed by atoms with E-state index in [1.54, 1.807) is 6.07 Å². The lowest BCUT2D eigenvalue weighted by atomic mass is 9.83. The highest BCUT2D eigenvalue weighted by molar-refractivity contribution is 7.15. The molecule has 0 saturated carbocycles. The number of aromatic nitrogens is 1. The molecule has 7 nitrogen and oxygen atoms in total. The van der Waals surface area contributed by atoms with E-state index in [2.05, 4.69) is 17.2 Å². The molecule has 1 saturated heterocycles. The maximum absolute atomic E-state index is 13.5. The predicted octanol–water partition coefficient (Wildman–Crippen LogP) is 3.96. The molecule has 4 rings (SSSR count). The summed E-state index contributed by atoms with van der Waals surface area (Å²) in [7, 11) is 0. The maximum atomic E-state index is 13.5. The number of nitrogens with one attached hydrogen (secondary N) is 1. The van der Waals surface area contributed by atoms with Crippen molar-refractivity contribution in [3.05, 3.63) is 40.2 Å². The van der Waals surface area contributed by atoms with Gasteiger partial charge in [0.1, 0.15) is 17.2 Å². The van der Waals surface area contributed by atoms with Gasteiger partial charge < -0.3 is 9.64 Å². The van der Waals surface area contributed by atoms with Crippen molar-refractivity contribution < 1.29 is 23.5 Å². The second kappa shape index (κ2) is 9.36.